The summed E-state index contributed by atoms with van der Waals surface area (Å²) >= 11 is 6.18. The standard InChI is InChI=1S/C21H21ClO4/c1-5-12-6-7-14-19(24)11(2)8-17(23)21(14,3)18(12)13-9-15(22)20(25)16(10-13)26-4/h5-6,8-10,14,18,25H,1,7H2,2-4H3. The molecule has 0 bridgehead atoms. The maximum Gasteiger partial charge on any atom is 0.176 e. The van der Waals surface area contributed by atoms with Crippen LogP contribution < -0.4 is 4.74 Å². The monoisotopic (exact) mass is 372 g/mol. The third-order valence-corrected chi connectivity index (χ3v) is 5.96. The van der Waals surface area contributed by atoms with Crippen molar-refractivity contribution < 1.29 is 19.4 Å². The van der Waals surface area contributed by atoms with E-state index in [0.29, 0.717) is 17.6 Å². The number of carbonyl (C=O) groups is 2. The Kier molecular flexibility index (Phi) is 4.57. The summed E-state index contributed by atoms with van der Waals surface area (Å²) < 4.78 is 5.22. The van der Waals surface area contributed by atoms with Crippen molar-refractivity contribution in [1.29, 1.82) is 0 Å². The van der Waals surface area contributed by atoms with E-state index in [2.05, 4.69) is 6.58 Å². The van der Waals surface area contributed by atoms with Gasteiger partial charge in [0.05, 0.1) is 17.5 Å². The van der Waals surface area contributed by atoms with E-state index in [1.807, 2.05) is 13.0 Å². The molecule has 136 valence electrons. The maximum absolute atomic E-state index is 13.1. The number of allylic oxidation sites excluding steroid dienone is 5. The van der Waals surface area contributed by atoms with Crippen molar-refractivity contribution in [3.05, 3.63) is 58.7 Å². The third-order valence-electron chi connectivity index (χ3n) is 5.67. The SMILES string of the molecule is C=CC1=CCC2C(=O)C(C)=CC(=O)C2(C)C1c1cc(Cl)c(O)c(OC)c1. The molecule has 0 aliphatic heterocycles. The lowest BCUT2D eigenvalue weighted by atomic mass is 9.53. The molecule has 0 fully saturated rings. The Morgan fingerprint density at radius 3 is 2.69 bits per heavy atom. The quantitative estimate of drug-likeness (QED) is 0.855. The average Bonchev–Trinajstić information content (AvgIpc) is 2.61. The summed E-state index contributed by atoms with van der Waals surface area (Å²) in [5, 5.41) is 10.2. The number of hydrogen-bond acceptors (Lipinski definition) is 4. The van der Waals surface area contributed by atoms with Gasteiger partial charge in [-0.05, 0) is 48.3 Å². The third kappa shape index (κ3) is 2.52. The Labute approximate surface area is 157 Å². The predicted octanol–water partition coefficient (Wildman–Crippen LogP) is 4.37. The lowest BCUT2D eigenvalue weighted by Gasteiger charge is -2.47. The van der Waals surface area contributed by atoms with Crippen LogP contribution in [0.4, 0.5) is 0 Å². The van der Waals surface area contributed by atoms with E-state index in [4.69, 9.17) is 16.3 Å². The van der Waals surface area contributed by atoms with E-state index < -0.39 is 17.3 Å². The summed E-state index contributed by atoms with van der Waals surface area (Å²) in [7, 11) is 1.44. The molecule has 2 aliphatic carbocycles. The van der Waals surface area contributed by atoms with E-state index in [9.17, 15) is 14.7 Å². The van der Waals surface area contributed by atoms with Gasteiger partial charge in [0, 0.05) is 11.8 Å². The minimum absolute atomic E-state index is 0.00620. The van der Waals surface area contributed by atoms with Gasteiger partial charge in [-0.3, -0.25) is 9.59 Å². The van der Waals surface area contributed by atoms with Crippen molar-refractivity contribution in [2.75, 3.05) is 7.11 Å². The van der Waals surface area contributed by atoms with Crippen LogP contribution in [-0.2, 0) is 9.59 Å². The van der Waals surface area contributed by atoms with Crippen LogP contribution in [0.3, 0.4) is 0 Å². The van der Waals surface area contributed by atoms with Crippen LogP contribution in [0.15, 0.2) is 48.1 Å². The molecule has 0 amide bonds. The topological polar surface area (TPSA) is 63.6 Å². The lowest BCUT2D eigenvalue weighted by Crippen LogP contribution is -2.49. The maximum atomic E-state index is 13.1. The van der Waals surface area contributed by atoms with Gasteiger partial charge in [0.25, 0.3) is 0 Å². The molecule has 0 aromatic heterocycles. The second-order valence-corrected chi connectivity index (χ2v) is 7.43. The summed E-state index contributed by atoms with van der Waals surface area (Å²) in [5.41, 5.74) is 1.12. The van der Waals surface area contributed by atoms with Crippen LogP contribution in [0.2, 0.25) is 5.02 Å². The first-order valence-corrected chi connectivity index (χ1v) is 8.79. The van der Waals surface area contributed by atoms with E-state index in [1.54, 1.807) is 25.1 Å². The number of halogens is 1. The number of Topliss-reactive ketones (excluding diaryl/α,β-unsaturated/α-hetero) is 1. The summed E-state index contributed by atoms with van der Waals surface area (Å²) in [6, 6.07) is 3.29. The molecule has 3 atom stereocenters. The number of ether oxygens (including phenoxy) is 1. The molecule has 0 spiro atoms. The average molecular weight is 373 g/mol. The van der Waals surface area contributed by atoms with Gasteiger partial charge < -0.3 is 9.84 Å². The molecule has 26 heavy (non-hydrogen) atoms. The summed E-state index contributed by atoms with van der Waals surface area (Å²) in [5.74, 6) is -0.864. The van der Waals surface area contributed by atoms with Gasteiger partial charge in [-0.2, -0.15) is 0 Å². The first-order chi connectivity index (χ1) is 12.2. The number of methoxy groups -OCH3 is 1. The highest BCUT2D eigenvalue weighted by molar-refractivity contribution is 6.32. The lowest BCUT2D eigenvalue weighted by molar-refractivity contribution is -0.137. The molecular weight excluding hydrogens is 352 g/mol. The minimum Gasteiger partial charge on any atom is -0.503 e. The summed E-state index contributed by atoms with van der Waals surface area (Å²) in [4.78, 5) is 25.8. The van der Waals surface area contributed by atoms with E-state index in [1.165, 1.54) is 13.2 Å². The molecule has 4 nitrogen and oxygen atoms in total. The first kappa shape index (κ1) is 18.5. The molecule has 3 rings (SSSR count). The van der Waals surface area contributed by atoms with E-state index in [0.717, 1.165) is 5.57 Å². The molecule has 2 aliphatic rings. The molecule has 1 aromatic carbocycles. The number of benzene rings is 1. The smallest absolute Gasteiger partial charge is 0.176 e. The second kappa shape index (κ2) is 6.44. The minimum atomic E-state index is -0.944. The number of fused-ring (bicyclic) bond motifs is 1. The Bertz CT molecular complexity index is 880. The van der Waals surface area contributed by atoms with Gasteiger partial charge >= 0.3 is 0 Å². The van der Waals surface area contributed by atoms with Crippen molar-refractivity contribution in [3.63, 3.8) is 0 Å². The molecule has 5 heteroatoms. The van der Waals surface area contributed by atoms with Gasteiger partial charge in [-0.25, -0.2) is 0 Å². The van der Waals surface area contributed by atoms with Crippen LogP contribution in [0, 0.1) is 11.3 Å². The van der Waals surface area contributed by atoms with Crippen LogP contribution in [0.5, 0.6) is 11.5 Å². The van der Waals surface area contributed by atoms with Crippen LogP contribution in [-0.4, -0.2) is 23.8 Å². The van der Waals surface area contributed by atoms with Crippen molar-refractivity contribution >= 4 is 23.2 Å². The van der Waals surface area contributed by atoms with Crippen molar-refractivity contribution in [2.45, 2.75) is 26.2 Å². The highest BCUT2D eigenvalue weighted by atomic mass is 35.5. The van der Waals surface area contributed by atoms with Crippen molar-refractivity contribution in [1.82, 2.24) is 0 Å². The van der Waals surface area contributed by atoms with Crippen molar-refractivity contribution in [2.24, 2.45) is 11.3 Å². The number of ketones is 2. The van der Waals surface area contributed by atoms with E-state index in [-0.39, 0.29) is 28.1 Å². The van der Waals surface area contributed by atoms with Crippen LogP contribution >= 0.6 is 11.6 Å². The number of phenols is 1. The Hall–Kier alpha value is -2.33. The van der Waals surface area contributed by atoms with Gasteiger partial charge in [0.1, 0.15) is 0 Å². The molecule has 1 N–H and O–H groups in total. The molecule has 0 radical (unpaired) electrons. The van der Waals surface area contributed by atoms with E-state index >= 15 is 0 Å². The molecule has 0 heterocycles. The highest BCUT2D eigenvalue weighted by Gasteiger charge is 2.54. The predicted molar refractivity (Wildman–Crippen MR) is 101 cm³/mol. The van der Waals surface area contributed by atoms with Crippen LogP contribution in [0.1, 0.15) is 31.7 Å². The molecule has 1 aromatic rings. The zero-order valence-electron chi connectivity index (χ0n) is 15.0. The fourth-order valence-corrected chi connectivity index (χ4v) is 4.43. The number of aromatic hydroxyl groups is 1. The Balaban J connectivity index is 2.26. The number of rotatable bonds is 3. The zero-order chi connectivity index (χ0) is 19.2. The molecule has 3 unspecified atom stereocenters. The highest BCUT2D eigenvalue weighted by Crippen LogP contribution is 2.55. The van der Waals surface area contributed by atoms with Gasteiger partial charge in [-0.15, -0.1) is 0 Å². The first-order valence-electron chi connectivity index (χ1n) is 8.41. The Morgan fingerprint density at radius 1 is 1.38 bits per heavy atom. The van der Waals surface area contributed by atoms with Gasteiger partial charge in [0.2, 0.25) is 0 Å². The molecule has 0 saturated heterocycles. The zero-order valence-corrected chi connectivity index (χ0v) is 15.8. The summed E-state index contributed by atoms with van der Waals surface area (Å²) in [6.45, 7) is 7.39. The van der Waals surface area contributed by atoms with Gasteiger partial charge in [-0.1, -0.05) is 37.3 Å². The van der Waals surface area contributed by atoms with Crippen LogP contribution in [0.25, 0.3) is 0 Å². The fraction of sp³-hybridized carbons (Fsp3) is 0.333. The molecule has 0 saturated carbocycles. The number of carbonyl (C=O) groups excluding carboxylic acids is 2. The largest absolute Gasteiger partial charge is 0.503 e. The normalized spacial score (nSPS) is 28.2. The second-order valence-electron chi connectivity index (χ2n) is 7.02. The fourth-order valence-electron chi connectivity index (χ4n) is 4.21. The number of phenolic OH excluding ortho intramolecular Hbond substituents is 1. The Morgan fingerprint density at radius 2 is 2.08 bits per heavy atom. The summed E-state index contributed by atoms with van der Waals surface area (Å²) in [6.07, 6.45) is 5.60. The van der Waals surface area contributed by atoms with Crippen molar-refractivity contribution in [3.8, 4) is 11.5 Å². The van der Waals surface area contributed by atoms with Gasteiger partial charge in [0.15, 0.2) is 23.1 Å². The number of hydrogen-bond donors (Lipinski definition) is 1. The molecular formula is C21H21ClO4.